The molecule has 1 aliphatic carbocycles. The van der Waals surface area contributed by atoms with E-state index < -0.39 is 0 Å². The first-order valence-corrected chi connectivity index (χ1v) is 7.36. The number of piperidine rings is 1. The lowest BCUT2D eigenvalue weighted by Crippen LogP contribution is -2.50. The van der Waals surface area contributed by atoms with Crippen LogP contribution in [0.1, 0.15) is 52.9 Å². The van der Waals surface area contributed by atoms with Gasteiger partial charge in [0.2, 0.25) is 0 Å². The van der Waals surface area contributed by atoms with Crippen LogP contribution in [0.2, 0.25) is 0 Å². The van der Waals surface area contributed by atoms with Crippen LogP contribution in [0.3, 0.4) is 0 Å². The maximum Gasteiger partial charge on any atom is 0.138 e. The molecule has 0 spiro atoms. The van der Waals surface area contributed by atoms with Gasteiger partial charge in [-0.1, -0.05) is 33.6 Å². The minimum Gasteiger partial charge on any atom is -0.299 e. The van der Waals surface area contributed by atoms with Crippen LogP contribution in [0, 0.1) is 17.8 Å². The van der Waals surface area contributed by atoms with E-state index in [-0.39, 0.29) is 5.92 Å². The topological polar surface area (TPSA) is 20.3 Å². The third-order valence-corrected chi connectivity index (χ3v) is 4.81. The Morgan fingerprint density at radius 3 is 2.59 bits per heavy atom. The average molecular weight is 237 g/mol. The van der Waals surface area contributed by atoms with Crippen molar-refractivity contribution >= 4 is 5.78 Å². The number of likely N-dealkylation sites (tertiary alicyclic amines) is 1. The van der Waals surface area contributed by atoms with Crippen LogP contribution < -0.4 is 0 Å². The van der Waals surface area contributed by atoms with Crippen molar-refractivity contribution < 1.29 is 4.79 Å². The Labute approximate surface area is 106 Å². The van der Waals surface area contributed by atoms with Crippen LogP contribution in [0.4, 0.5) is 0 Å². The summed E-state index contributed by atoms with van der Waals surface area (Å²) in [7, 11) is 0. The number of Topliss-reactive ketones (excluding diaryl/α,β-unsaturated/α-hetero) is 1. The highest BCUT2D eigenvalue weighted by atomic mass is 16.1. The molecule has 17 heavy (non-hydrogen) atoms. The molecule has 2 heteroatoms. The van der Waals surface area contributed by atoms with Gasteiger partial charge in [0.25, 0.3) is 0 Å². The minimum absolute atomic E-state index is 0.262. The standard InChI is InChI=1S/C15H27NO/c1-11(2)13-6-4-5-7-14(13)16-9-8-15(17)12(3)10-16/h11-14H,4-10H2,1-3H3. The third kappa shape index (κ3) is 2.90. The normalized spacial score (nSPS) is 36.5. The molecule has 0 aromatic carbocycles. The van der Waals surface area contributed by atoms with E-state index in [1.54, 1.807) is 0 Å². The third-order valence-electron chi connectivity index (χ3n) is 4.81. The van der Waals surface area contributed by atoms with Gasteiger partial charge in [0.05, 0.1) is 0 Å². The highest BCUT2D eigenvalue weighted by molar-refractivity contribution is 5.81. The number of hydrogen-bond donors (Lipinski definition) is 0. The summed E-state index contributed by atoms with van der Waals surface area (Å²) >= 11 is 0. The van der Waals surface area contributed by atoms with E-state index in [0.29, 0.717) is 5.78 Å². The highest BCUT2D eigenvalue weighted by Gasteiger charge is 2.35. The van der Waals surface area contributed by atoms with E-state index in [9.17, 15) is 4.79 Å². The fourth-order valence-corrected chi connectivity index (χ4v) is 3.72. The zero-order chi connectivity index (χ0) is 12.4. The maximum atomic E-state index is 11.6. The molecule has 3 unspecified atom stereocenters. The molecule has 3 atom stereocenters. The molecule has 1 saturated carbocycles. The number of hydrogen-bond acceptors (Lipinski definition) is 2. The molecule has 0 N–H and O–H groups in total. The van der Waals surface area contributed by atoms with Crippen molar-refractivity contribution in [1.29, 1.82) is 0 Å². The number of rotatable bonds is 2. The second kappa shape index (κ2) is 5.51. The van der Waals surface area contributed by atoms with Gasteiger partial charge in [0.1, 0.15) is 5.78 Å². The molecule has 2 aliphatic rings. The van der Waals surface area contributed by atoms with E-state index >= 15 is 0 Å². The van der Waals surface area contributed by atoms with Gasteiger partial charge in [-0.2, -0.15) is 0 Å². The lowest BCUT2D eigenvalue weighted by atomic mass is 9.76. The Bertz CT molecular complexity index is 274. The first kappa shape index (κ1) is 13.1. The zero-order valence-corrected chi connectivity index (χ0v) is 11.6. The fourth-order valence-electron chi connectivity index (χ4n) is 3.72. The van der Waals surface area contributed by atoms with Gasteiger partial charge in [0, 0.05) is 31.5 Å². The van der Waals surface area contributed by atoms with E-state index in [2.05, 4.69) is 25.7 Å². The van der Waals surface area contributed by atoms with Crippen LogP contribution >= 0.6 is 0 Å². The largest absolute Gasteiger partial charge is 0.299 e. The quantitative estimate of drug-likeness (QED) is 0.735. The molecule has 0 bridgehead atoms. The Morgan fingerprint density at radius 1 is 1.24 bits per heavy atom. The molecule has 2 nitrogen and oxygen atoms in total. The number of carbonyl (C=O) groups excluding carboxylic acids is 1. The smallest absolute Gasteiger partial charge is 0.138 e. The van der Waals surface area contributed by atoms with Crippen molar-refractivity contribution in [3.8, 4) is 0 Å². The predicted octanol–water partition coefficient (Wildman–Crippen LogP) is 3.11. The van der Waals surface area contributed by atoms with Crippen molar-refractivity contribution in [3.05, 3.63) is 0 Å². The molecule has 98 valence electrons. The molecular weight excluding hydrogens is 210 g/mol. The number of ketones is 1. The van der Waals surface area contributed by atoms with Gasteiger partial charge in [-0.05, 0) is 24.7 Å². The first-order chi connectivity index (χ1) is 8.09. The van der Waals surface area contributed by atoms with E-state index in [4.69, 9.17) is 0 Å². The molecule has 2 rings (SSSR count). The van der Waals surface area contributed by atoms with Crippen molar-refractivity contribution in [2.75, 3.05) is 13.1 Å². The summed E-state index contributed by atoms with van der Waals surface area (Å²) in [6, 6.07) is 0.749. The predicted molar refractivity (Wildman–Crippen MR) is 70.9 cm³/mol. The molecule has 1 saturated heterocycles. The van der Waals surface area contributed by atoms with E-state index in [0.717, 1.165) is 37.4 Å². The van der Waals surface area contributed by atoms with Gasteiger partial charge in [-0.15, -0.1) is 0 Å². The van der Waals surface area contributed by atoms with Gasteiger partial charge >= 0.3 is 0 Å². The summed E-state index contributed by atoms with van der Waals surface area (Å²) < 4.78 is 0. The Kier molecular flexibility index (Phi) is 4.24. The lowest BCUT2D eigenvalue weighted by Gasteiger charge is -2.44. The summed E-state index contributed by atoms with van der Waals surface area (Å²) in [5, 5.41) is 0. The second-order valence-electron chi connectivity index (χ2n) is 6.37. The molecular formula is C15H27NO. The molecule has 0 aromatic rings. The number of carbonyl (C=O) groups is 1. The van der Waals surface area contributed by atoms with Crippen LogP contribution in [0.5, 0.6) is 0 Å². The zero-order valence-electron chi connectivity index (χ0n) is 11.6. The second-order valence-corrected chi connectivity index (χ2v) is 6.37. The Hall–Kier alpha value is -0.370. The van der Waals surface area contributed by atoms with Gasteiger partial charge in [-0.25, -0.2) is 0 Å². The summed E-state index contributed by atoms with van der Waals surface area (Å²) in [5.74, 6) is 2.37. The minimum atomic E-state index is 0.262. The molecule has 0 aromatic heterocycles. The average Bonchev–Trinajstić information content (AvgIpc) is 2.32. The Morgan fingerprint density at radius 2 is 1.94 bits per heavy atom. The van der Waals surface area contributed by atoms with Gasteiger partial charge in [0.15, 0.2) is 0 Å². The molecule has 2 fully saturated rings. The van der Waals surface area contributed by atoms with E-state index in [1.807, 2.05) is 0 Å². The van der Waals surface area contributed by atoms with Crippen molar-refractivity contribution in [2.45, 2.75) is 58.9 Å². The Balaban J connectivity index is 2.01. The van der Waals surface area contributed by atoms with Crippen LogP contribution in [0.25, 0.3) is 0 Å². The SMILES string of the molecule is CC1CN(C2CCCCC2C(C)C)CCC1=O. The van der Waals surface area contributed by atoms with E-state index in [1.165, 1.54) is 25.7 Å². The highest BCUT2D eigenvalue weighted by Crippen LogP contribution is 2.34. The number of nitrogens with zero attached hydrogens (tertiary/aromatic N) is 1. The summed E-state index contributed by atoms with van der Waals surface area (Å²) in [4.78, 5) is 14.2. The summed E-state index contributed by atoms with van der Waals surface area (Å²) in [5.41, 5.74) is 0. The van der Waals surface area contributed by atoms with Crippen LogP contribution in [-0.2, 0) is 4.79 Å². The van der Waals surface area contributed by atoms with Gasteiger partial charge in [-0.3, -0.25) is 9.69 Å². The fraction of sp³-hybridized carbons (Fsp3) is 0.933. The molecule has 0 amide bonds. The van der Waals surface area contributed by atoms with Gasteiger partial charge < -0.3 is 0 Å². The maximum absolute atomic E-state index is 11.6. The van der Waals surface area contributed by atoms with Crippen molar-refractivity contribution in [2.24, 2.45) is 17.8 Å². The molecule has 0 radical (unpaired) electrons. The van der Waals surface area contributed by atoms with Crippen molar-refractivity contribution in [1.82, 2.24) is 4.90 Å². The summed E-state index contributed by atoms with van der Waals surface area (Å²) in [6.07, 6.45) is 6.31. The monoisotopic (exact) mass is 237 g/mol. The van der Waals surface area contributed by atoms with Crippen LogP contribution in [-0.4, -0.2) is 29.8 Å². The van der Waals surface area contributed by atoms with Crippen LogP contribution in [0.15, 0.2) is 0 Å². The first-order valence-electron chi connectivity index (χ1n) is 7.36. The molecule has 1 heterocycles. The summed E-state index contributed by atoms with van der Waals surface area (Å²) in [6.45, 7) is 8.84. The lowest BCUT2D eigenvalue weighted by molar-refractivity contribution is -0.127. The van der Waals surface area contributed by atoms with Crippen molar-refractivity contribution in [3.63, 3.8) is 0 Å². The molecule has 1 aliphatic heterocycles.